The van der Waals surface area contributed by atoms with Gasteiger partial charge in [0.2, 0.25) is 5.95 Å². The van der Waals surface area contributed by atoms with Crippen molar-refractivity contribution in [3.8, 4) is 11.4 Å². The van der Waals surface area contributed by atoms with Gasteiger partial charge in [0.25, 0.3) is 0 Å². The third kappa shape index (κ3) is 3.20. The molecule has 6 heteroatoms. The van der Waals surface area contributed by atoms with Gasteiger partial charge in [-0.3, -0.25) is 4.98 Å². The summed E-state index contributed by atoms with van der Waals surface area (Å²) in [6.45, 7) is 2.80. The van der Waals surface area contributed by atoms with Gasteiger partial charge >= 0.3 is 0 Å². The molecular weight excluding hydrogens is 384 g/mol. The van der Waals surface area contributed by atoms with Crippen LogP contribution in [-0.4, -0.2) is 30.6 Å². The molecule has 0 spiro atoms. The molecule has 6 rings (SSSR count). The van der Waals surface area contributed by atoms with Gasteiger partial charge in [-0.15, -0.1) is 10.2 Å². The molecule has 1 aliphatic rings. The Morgan fingerprint density at radius 3 is 2.52 bits per heavy atom. The first-order chi connectivity index (χ1) is 15.3. The maximum Gasteiger partial charge on any atom is 0.214 e. The molecule has 31 heavy (non-hydrogen) atoms. The molecule has 0 saturated heterocycles. The molecule has 0 amide bonds. The van der Waals surface area contributed by atoms with Crippen molar-refractivity contribution in [2.75, 3.05) is 4.90 Å². The van der Waals surface area contributed by atoms with Gasteiger partial charge in [-0.25, -0.2) is 9.38 Å². The molecule has 152 valence electrons. The molecule has 5 aromatic rings. The number of rotatable bonds is 5. The molecule has 3 aromatic heterocycles. The van der Waals surface area contributed by atoms with Crippen molar-refractivity contribution >= 4 is 22.5 Å². The lowest BCUT2D eigenvalue weighted by Crippen LogP contribution is -2.29. The van der Waals surface area contributed by atoms with E-state index in [0.717, 1.165) is 52.4 Å². The summed E-state index contributed by atoms with van der Waals surface area (Å²) in [6, 6.07) is 23.1. The van der Waals surface area contributed by atoms with Crippen LogP contribution in [0.15, 0.2) is 72.9 Å². The van der Waals surface area contributed by atoms with E-state index in [9.17, 15) is 0 Å². The summed E-state index contributed by atoms with van der Waals surface area (Å²) in [7, 11) is 0. The number of hydrogen-bond acceptors (Lipinski definition) is 5. The smallest absolute Gasteiger partial charge is 0.214 e. The van der Waals surface area contributed by atoms with Crippen molar-refractivity contribution in [2.45, 2.75) is 32.4 Å². The number of hydrogen-bond donors (Lipinski definition) is 0. The summed E-state index contributed by atoms with van der Waals surface area (Å²) in [5.41, 5.74) is 5.05. The van der Waals surface area contributed by atoms with E-state index in [-0.39, 0.29) is 0 Å². The number of anilines is 1. The Balaban J connectivity index is 1.60. The minimum Gasteiger partial charge on any atom is -0.333 e. The summed E-state index contributed by atoms with van der Waals surface area (Å²) >= 11 is 0. The number of aromatic nitrogens is 5. The summed E-state index contributed by atoms with van der Waals surface area (Å²) < 4.78 is 2.12. The molecule has 0 radical (unpaired) electrons. The highest BCUT2D eigenvalue weighted by molar-refractivity contribution is 5.93. The number of para-hydroxylation sites is 1. The van der Waals surface area contributed by atoms with Crippen molar-refractivity contribution in [3.63, 3.8) is 0 Å². The number of pyridine rings is 1. The summed E-state index contributed by atoms with van der Waals surface area (Å²) in [5, 5.41) is 10.2. The standard InChI is InChI=1S/C25H22N6/c1-17-9-11-18(12-10-17)23-28-29-24-21-7-2-3-8-22(21)27-25(31(23)24)30(20-13-14-20)16-19-6-4-5-15-26-19/h2-12,15,20H,13-14,16H2,1H3. The van der Waals surface area contributed by atoms with E-state index in [1.54, 1.807) is 0 Å². The predicted octanol–water partition coefficient (Wildman–Crippen LogP) is 4.82. The van der Waals surface area contributed by atoms with Crippen LogP contribution in [-0.2, 0) is 6.54 Å². The second-order valence-corrected chi connectivity index (χ2v) is 8.16. The highest BCUT2D eigenvalue weighted by Gasteiger charge is 2.33. The zero-order chi connectivity index (χ0) is 20.8. The van der Waals surface area contributed by atoms with Gasteiger partial charge in [-0.1, -0.05) is 48.0 Å². The quantitative estimate of drug-likeness (QED) is 0.419. The van der Waals surface area contributed by atoms with Gasteiger partial charge in [0.05, 0.1) is 17.8 Å². The fraction of sp³-hybridized carbons (Fsp3) is 0.200. The highest BCUT2D eigenvalue weighted by Crippen LogP contribution is 2.35. The monoisotopic (exact) mass is 406 g/mol. The molecule has 0 atom stereocenters. The zero-order valence-corrected chi connectivity index (χ0v) is 17.3. The second kappa shape index (κ2) is 7.16. The minimum atomic E-state index is 0.451. The van der Waals surface area contributed by atoms with E-state index in [0.29, 0.717) is 12.6 Å². The van der Waals surface area contributed by atoms with Gasteiger partial charge in [-0.2, -0.15) is 0 Å². The van der Waals surface area contributed by atoms with Crippen LogP contribution in [0.1, 0.15) is 24.1 Å². The lowest BCUT2D eigenvalue weighted by atomic mass is 10.1. The Hall–Kier alpha value is -3.80. The number of nitrogens with zero attached hydrogens (tertiary/aromatic N) is 6. The molecule has 6 nitrogen and oxygen atoms in total. The van der Waals surface area contributed by atoms with Crippen LogP contribution in [0, 0.1) is 6.92 Å². The van der Waals surface area contributed by atoms with Crippen molar-refractivity contribution in [2.24, 2.45) is 0 Å². The average Bonchev–Trinajstić information content (AvgIpc) is 3.56. The second-order valence-electron chi connectivity index (χ2n) is 8.16. The Labute approximate surface area is 180 Å². The van der Waals surface area contributed by atoms with E-state index >= 15 is 0 Å². The predicted molar refractivity (Wildman–Crippen MR) is 122 cm³/mol. The van der Waals surface area contributed by atoms with Crippen LogP contribution < -0.4 is 4.90 Å². The van der Waals surface area contributed by atoms with Crippen LogP contribution in [0.2, 0.25) is 0 Å². The Morgan fingerprint density at radius 1 is 0.935 bits per heavy atom. The summed E-state index contributed by atoms with van der Waals surface area (Å²) in [6.07, 6.45) is 4.16. The Bertz CT molecular complexity index is 1370. The largest absolute Gasteiger partial charge is 0.333 e. The molecule has 3 heterocycles. The topological polar surface area (TPSA) is 59.2 Å². The lowest BCUT2D eigenvalue weighted by Gasteiger charge is -2.25. The van der Waals surface area contributed by atoms with Crippen LogP contribution >= 0.6 is 0 Å². The van der Waals surface area contributed by atoms with Crippen molar-refractivity contribution < 1.29 is 0 Å². The van der Waals surface area contributed by atoms with Crippen LogP contribution in [0.5, 0.6) is 0 Å². The molecule has 0 unspecified atom stereocenters. The molecule has 1 fully saturated rings. The van der Waals surface area contributed by atoms with Gasteiger partial charge in [0.15, 0.2) is 11.5 Å². The van der Waals surface area contributed by atoms with Gasteiger partial charge in [0.1, 0.15) is 0 Å². The highest BCUT2D eigenvalue weighted by atomic mass is 15.4. The van der Waals surface area contributed by atoms with E-state index in [1.807, 2.05) is 36.5 Å². The van der Waals surface area contributed by atoms with Crippen LogP contribution in [0.25, 0.3) is 27.9 Å². The van der Waals surface area contributed by atoms with Crippen molar-refractivity contribution in [3.05, 3.63) is 84.2 Å². The Kier molecular flexibility index (Phi) is 4.16. The third-order valence-corrected chi connectivity index (χ3v) is 5.84. The maximum atomic E-state index is 5.12. The van der Waals surface area contributed by atoms with Gasteiger partial charge in [-0.05, 0) is 44.0 Å². The fourth-order valence-corrected chi connectivity index (χ4v) is 4.06. The first kappa shape index (κ1) is 18.0. The molecule has 0 bridgehead atoms. The van der Waals surface area contributed by atoms with E-state index < -0.39 is 0 Å². The zero-order valence-electron chi connectivity index (χ0n) is 17.3. The molecule has 1 aliphatic carbocycles. The fourth-order valence-electron chi connectivity index (χ4n) is 4.06. The molecule has 1 saturated carbocycles. The first-order valence-electron chi connectivity index (χ1n) is 10.7. The first-order valence-corrected chi connectivity index (χ1v) is 10.7. The van der Waals surface area contributed by atoms with Crippen molar-refractivity contribution in [1.82, 2.24) is 24.6 Å². The third-order valence-electron chi connectivity index (χ3n) is 5.84. The van der Waals surface area contributed by atoms with E-state index in [4.69, 9.17) is 4.98 Å². The van der Waals surface area contributed by atoms with Crippen molar-refractivity contribution in [1.29, 1.82) is 0 Å². The SMILES string of the molecule is Cc1ccc(-c2nnc3c4ccccc4nc(N(Cc4ccccn4)C4CC4)n23)cc1. The Morgan fingerprint density at radius 2 is 1.74 bits per heavy atom. The van der Waals surface area contributed by atoms with Crippen LogP contribution in [0.3, 0.4) is 0 Å². The molecule has 2 aromatic carbocycles. The summed E-state index contributed by atoms with van der Waals surface area (Å²) in [4.78, 5) is 12.0. The lowest BCUT2D eigenvalue weighted by molar-refractivity contribution is 0.739. The summed E-state index contributed by atoms with van der Waals surface area (Å²) in [5.74, 6) is 1.69. The van der Waals surface area contributed by atoms with Gasteiger partial charge in [0, 0.05) is 23.2 Å². The maximum absolute atomic E-state index is 5.12. The van der Waals surface area contributed by atoms with Crippen LogP contribution in [0.4, 0.5) is 5.95 Å². The minimum absolute atomic E-state index is 0.451. The number of fused-ring (bicyclic) bond motifs is 3. The average molecular weight is 406 g/mol. The number of aryl methyl sites for hydroxylation is 1. The van der Waals surface area contributed by atoms with E-state index in [1.165, 1.54) is 5.56 Å². The van der Waals surface area contributed by atoms with E-state index in [2.05, 4.69) is 67.8 Å². The normalized spacial score (nSPS) is 13.7. The number of benzene rings is 2. The molecule has 0 N–H and O–H groups in total. The van der Waals surface area contributed by atoms with Gasteiger partial charge < -0.3 is 4.90 Å². The molecular formula is C25H22N6. The molecule has 0 aliphatic heterocycles.